The molecule has 3 aromatic rings. The van der Waals surface area contributed by atoms with Gasteiger partial charge >= 0.3 is 0 Å². The van der Waals surface area contributed by atoms with Gasteiger partial charge in [0.05, 0.1) is 17.5 Å². The highest BCUT2D eigenvalue weighted by Gasteiger charge is 2.20. The molecular weight excluding hydrogens is 384 g/mol. The van der Waals surface area contributed by atoms with Crippen LogP contribution in [-0.2, 0) is 0 Å². The zero-order valence-electron chi connectivity index (χ0n) is 17.4. The molecule has 30 heavy (non-hydrogen) atoms. The van der Waals surface area contributed by atoms with Crippen molar-refractivity contribution in [2.45, 2.75) is 46.1 Å². The van der Waals surface area contributed by atoms with E-state index in [0.29, 0.717) is 29.7 Å². The maximum Gasteiger partial charge on any atom is 0.294 e. The summed E-state index contributed by atoms with van der Waals surface area (Å²) in [5.74, 6) is 1.26. The van der Waals surface area contributed by atoms with Crippen LogP contribution in [0.4, 0.5) is 5.69 Å². The summed E-state index contributed by atoms with van der Waals surface area (Å²) in [6.45, 7) is 7.14. The highest BCUT2D eigenvalue weighted by molar-refractivity contribution is 6.03. The molecule has 8 heteroatoms. The van der Waals surface area contributed by atoms with E-state index in [1.807, 2.05) is 32.0 Å². The lowest BCUT2D eigenvalue weighted by Crippen LogP contribution is -2.38. The van der Waals surface area contributed by atoms with E-state index in [1.165, 1.54) is 19.0 Å². The van der Waals surface area contributed by atoms with Crippen LogP contribution in [0.25, 0.3) is 11.1 Å². The fourth-order valence-electron chi connectivity index (χ4n) is 3.75. The Morgan fingerprint density at radius 2 is 2.13 bits per heavy atom. The van der Waals surface area contributed by atoms with Gasteiger partial charge in [-0.1, -0.05) is 16.7 Å². The molecule has 0 bridgehead atoms. The lowest BCUT2D eigenvalue weighted by atomic mass is 10.0. The molecule has 2 N–H and O–H groups in total. The molecule has 3 heterocycles. The normalized spacial score (nSPS) is 16.4. The number of benzene rings is 1. The molecule has 1 aliphatic rings. The number of ether oxygens (including phenoxy) is 1. The lowest BCUT2D eigenvalue weighted by Gasteiger charge is -2.24. The van der Waals surface area contributed by atoms with Gasteiger partial charge in [0.2, 0.25) is 5.76 Å². The molecule has 0 radical (unpaired) electrons. The van der Waals surface area contributed by atoms with Crippen molar-refractivity contribution in [3.63, 3.8) is 0 Å². The topological polar surface area (TPSA) is 102 Å². The second kappa shape index (κ2) is 8.71. The number of rotatable bonds is 6. The van der Waals surface area contributed by atoms with Crippen molar-refractivity contribution in [1.82, 2.24) is 15.6 Å². The number of anilines is 1. The molecule has 0 saturated carbocycles. The van der Waals surface area contributed by atoms with Crippen LogP contribution in [-0.4, -0.2) is 35.4 Å². The molecular formula is C22H26N4O4. The largest absolute Gasteiger partial charge is 0.491 e. The highest BCUT2D eigenvalue weighted by atomic mass is 16.5. The van der Waals surface area contributed by atoms with E-state index < -0.39 is 0 Å². The van der Waals surface area contributed by atoms with Gasteiger partial charge in [-0.25, -0.2) is 0 Å². The van der Waals surface area contributed by atoms with Gasteiger partial charge in [0.25, 0.3) is 5.91 Å². The molecule has 1 amide bonds. The second-order valence-electron chi connectivity index (χ2n) is 7.66. The summed E-state index contributed by atoms with van der Waals surface area (Å²) in [5, 5.41) is 14.1. The van der Waals surface area contributed by atoms with Crippen LogP contribution in [0.2, 0.25) is 0 Å². The smallest absolute Gasteiger partial charge is 0.294 e. The maximum atomic E-state index is 12.5. The predicted molar refractivity (Wildman–Crippen MR) is 112 cm³/mol. The number of nitrogens with one attached hydrogen (secondary N) is 2. The van der Waals surface area contributed by atoms with E-state index in [-0.39, 0.29) is 11.7 Å². The van der Waals surface area contributed by atoms with Crippen LogP contribution < -0.4 is 15.4 Å². The van der Waals surface area contributed by atoms with Gasteiger partial charge in [-0.2, -0.15) is 0 Å². The third-order valence-electron chi connectivity index (χ3n) is 5.35. The summed E-state index contributed by atoms with van der Waals surface area (Å²) >= 11 is 0. The Morgan fingerprint density at radius 3 is 2.80 bits per heavy atom. The number of aryl methyl sites for hydroxylation is 3. The number of carbonyl (C=O) groups excluding carboxylic acids is 1. The van der Waals surface area contributed by atoms with Crippen LogP contribution >= 0.6 is 0 Å². The number of aromatic nitrogens is 2. The molecule has 0 spiro atoms. The monoisotopic (exact) mass is 410 g/mol. The van der Waals surface area contributed by atoms with Gasteiger partial charge in [0.15, 0.2) is 0 Å². The average Bonchev–Trinajstić information content (AvgIpc) is 3.32. The maximum absolute atomic E-state index is 12.5. The van der Waals surface area contributed by atoms with E-state index in [1.54, 1.807) is 6.92 Å². The number of piperidine rings is 1. The summed E-state index contributed by atoms with van der Waals surface area (Å²) in [7, 11) is 0. The summed E-state index contributed by atoms with van der Waals surface area (Å²) < 4.78 is 16.6. The Kier molecular flexibility index (Phi) is 5.85. The van der Waals surface area contributed by atoms with Gasteiger partial charge in [0.1, 0.15) is 18.1 Å². The van der Waals surface area contributed by atoms with Gasteiger partial charge in [-0.05, 0) is 58.4 Å². The average molecular weight is 410 g/mol. The zero-order valence-corrected chi connectivity index (χ0v) is 17.4. The molecule has 4 rings (SSSR count). The molecule has 0 aliphatic carbocycles. The highest BCUT2D eigenvalue weighted by Crippen LogP contribution is 2.37. The molecule has 8 nitrogen and oxygen atoms in total. The van der Waals surface area contributed by atoms with Crippen LogP contribution in [0.5, 0.6) is 5.75 Å². The van der Waals surface area contributed by atoms with Crippen molar-refractivity contribution in [3.05, 3.63) is 47.2 Å². The van der Waals surface area contributed by atoms with Crippen LogP contribution in [0.15, 0.2) is 33.4 Å². The Bertz CT molecular complexity index is 1010. The molecule has 1 saturated heterocycles. The fourth-order valence-corrected chi connectivity index (χ4v) is 3.75. The minimum Gasteiger partial charge on any atom is -0.491 e. The van der Waals surface area contributed by atoms with E-state index in [2.05, 4.69) is 20.9 Å². The first-order valence-electron chi connectivity index (χ1n) is 10.2. The van der Waals surface area contributed by atoms with E-state index in [4.69, 9.17) is 13.8 Å². The predicted octanol–water partition coefficient (Wildman–Crippen LogP) is 4.03. The standard InChI is InChI=1S/C22H26N4O4/c1-13-11-24-30-21(13)22(27)25-16-7-8-19(28-12-17-6-4-5-9-23-17)18(10-16)20-14(2)26-29-15(20)3/h7-8,10-11,17,23H,4-6,9,12H2,1-3H3,(H,25,27). The van der Waals surface area contributed by atoms with E-state index >= 15 is 0 Å². The first-order chi connectivity index (χ1) is 14.5. The first kappa shape index (κ1) is 20.2. The van der Waals surface area contributed by atoms with E-state index in [0.717, 1.165) is 35.5 Å². The van der Waals surface area contributed by atoms with E-state index in [9.17, 15) is 4.79 Å². The third kappa shape index (κ3) is 4.23. The number of hydrogen-bond donors (Lipinski definition) is 2. The number of amides is 1. The van der Waals surface area contributed by atoms with Crippen molar-refractivity contribution in [1.29, 1.82) is 0 Å². The Balaban J connectivity index is 1.61. The Hall–Kier alpha value is -3.13. The molecule has 1 aliphatic heterocycles. The van der Waals surface area contributed by atoms with Crippen molar-refractivity contribution in [2.75, 3.05) is 18.5 Å². The van der Waals surface area contributed by atoms with Gasteiger partial charge < -0.3 is 24.4 Å². The second-order valence-corrected chi connectivity index (χ2v) is 7.66. The molecule has 2 aromatic heterocycles. The summed E-state index contributed by atoms with van der Waals surface area (Å²) in [4.78, 5) is 12.5. The number of hydrogen-bond acceptors (Lipinski definition) is 7. The minimum absolute atomic E-state index is 0.192. The van der Waals surface area contributed by atoms with Crippen molar-refractivity contribution in [3.8, 4) is 16.9 Å². The molecule has 1 aromatic carbocycles. The molecule has 1 unspecified atom stereocenters. The Labute approximate surface area is 174 Å². The molecule has 1 atom stereocenters. The van der Waals surface area contributed by atoms with Crippen LogP contribution in [0.1, 0.15) is 46.8 Å². The van der Waals surface area contributed by atoms with Crippen molar-refractivity contribution >= 4 is 11.6 Å². The Morgan fingerprint density at radius 1 is 1.27 bits per heavy atom. The minimum atomic E-state index is -0.352. The van der Waals surface area contributed by atoms with Gasteiger partial charge in [0, 0.05) is 22.9 Å². The summed E-state index contributed by atoms with van der Waals surface area (Å²) in [6.07, 6.45) is 5.04. The quantitative estimate of drug-likeness (QED) is 0.632. The lowest BCUT2D eigenvalue weighted by molar-refractivity contribution is 0.0987. The zero-order chi connectivity index (χ0) is 21.1. The third-order valence-corrected chi connectivity index (χ3v) is 5.35. The SMILES string of the molecule is Cc1cnoc1C(=O)Nc1ccc(OCC2CCCCN2)c(-c2c(C)noc2C)c1. The fraction of sp³-hybridized carbons (Fsp3) is 0.409. The summed E-state index contributed by atoms with van der Waals surface area (Å²) in [6, 6.07) is 5.90. The van der Waals surface area contributed by atoms with Crippen LogP contribution in [0, 0.1) is 20.8 Å². The van der Waals surface area contributed by atoms with Crippen molar-refractivity contribution < 1.29 is 18.6 Å². The van der Waals surface area contributed by atoms with Crippen LogP contribution in [0.3, 0.4) is 0 Å². The number of carbonyl (C=O) groups is 1. The van der Waals surface area contributed by atoms with Gasteiger partial charge in [-0.3, -0.25) is 4.79 Å². The van der Waals surface area contributed by atoms with Crippen molar-refractivity contribution in [2.24, 2.45) is 0 Å². The van der Waals surface area contributed by atoms with Gasteiger partial charge in [-0.15, -0.1) is 0 Å². The molecule has 1 fully saturated rings. The molecule has 158 valence electrons. The first-order valence-corrected chi connectivity index (χ1v) is 10.2. The summed E-state index contributed by atoms with van der Waals surface area (Å²) in [5.41, 5.74) is 3.76. The number of nitrogens with zero attached hydrogens (tertiary/aromatic N) is 2.